The highest BCUT2D eigenvalue weighted by Gasteiger charge is 2.06. The Morgan fingerprint density at radius 3 is 2.22 bits per heavy atom. The van der Waals surface area contributed by atoms with Gasteiger partial charge in [-0.1, -0.05) is 0 Å². The highest BCUT2D eigenvalue weighted by Crippen LogP contribution is 2.15. The van der Waals surface area contributed by atoms with Crippen molar-refractivity contribution in [2.24, 2.45) is 0 Å². The monoisotopic (exact) mass is 315 g/mol. The first-order valence-electron chi connectivity index (χ1n) is 7.60. The molecular formula is C18H22FN3O. The van der Waals surface area contributed by atoms with Gasteiger partial charge < -0.3 is 15.5 Å². The minimum Gasteiger partial charge on any atom is -0.385 e. The molecule has 0 bridgehead atoms. The zero-order valence-electron chi connectivity index (χ0n) is 13.5. The molecule has 23 heavy (non-hydrogen) atoms. The van der Waals surface area contributed by atoms with E-state index in [0.29, 0.717) is 11.3 Å². The Bertz CT molecular complexity index is 624. The fraction of sp³-hybridized carbons (Fsp3) is 0.278. The van der Waals surface area contributed by atoms with Crippen LogP contribution in [-0.2, 0) is 0 Å². The van der Waals surface area contributed by atoms with Crippen LogP contribution in [0.4, 0.5) is 15.8 Å². The van der Waals surface area contributed by atoms with Crippen molar-refractivity contribution in [3.05, 3.63) is 59.9 Å². The Hall–Kier alpha value is -2.40. The van der Waals surface area contributed by atoms with E-state index in [-0.39, 0.29) is 11.7 Å². The lowest BCUT2D eigenvalue weighted by Crippen LogP contribution is -2.16. The maximum atomic E-state index is 12.9. The van der Waals surface area contributed by atoms with E-state index in [4.69, 9.17) is 0 Å². The zero-order valence-corrected chi connectivity index (χ0v) is 13.5. The molecule has 1 amide bonds. The number of anilines is 2. The second-order valence-corrected chi connectivity index (χ2v) is 5.62. The zero-order chi connectivity index (χ0) is 16.7. The average molecular weight is 315 g/mol. The Labute approximate surface area is 136 Å². The summed E-state index contributed by atoms with van der Waals surface area (Å²) in [5, 5.41) is 6.13. The molecule has 2 aromatic carbocycles. The minimum atomic E-state index is -0.355. The molecule has 0 unspecified atom stereocenters. The molecule has 2 rings (SSSR count). The summed E-state index contributed by atoms with van der Waals surface area (Å²) < 4.78 is 12.9. The van der Waals surface area contributed by atoms with Gasteiger partial charge in [0, 0.05) is 23.5 Å². The van der Waals surface area contributed by atoms with Crippen LogP contribution in [-0.4, -0.2) is 38.0 Å². The predicted molar refractivity (Wildman–Crippen MR) is 92.5 cm³/mol. The first-order chi connectivity index (χ1) is 11.0. The number of carbonyl (C=O) groups excluding carboxylic acids is 1. The van der Waals surface area contributed by atoms with Gasteiger partial charge in [-0.05, 0) is 75.6 Å². The molecule has 0 radical (unpaired) electrons. The van der Waals surface area contributed by atoms with Crippen molar-refractivity contribution in [3.63, 3.8) is 0 Å². The number of nitrogens with zero attached hydrogens (tertiary/aromatic N) is 1. The van der Waals surface area contributed by atoms with Crippen LogP contribution in [0, 0.1) is 5.82 Å². The molecule has 122 valence electrons. The van der Waals surface area contributed by atoms with Gasteiger partial charge in [0.1, 0.15) is 5.82 Å². The van der Waals surface area contributed by atoms with Crippen LogP contribution < -0.4 is 10.6 Å². The molecule has 0 heterocycles. The number of nitrogens with one attached hydrogen (secondary N) is 2. The van der Waals surface area contributed by atoms with Gasteiger partial charge in [0.25, 0.3) is 5.91 Å². The van der Waals surface area contributed by atoms with Crippen LogP contribution in [0.2, 0.25) is 0 Å². The van der Waals surface area contributed by atoms with E-state index < -0.39 is 0 Å². The molecule has 0 fully saturated rings. The van der Waals surface area contributed by atoms with Gasteiger partial charge in [-0.2, -0.15) is 0 Å². The maximum Gasteiger partial charge on any atom is 0.255 e. The van der Waals surface area contributed by atoms with Gasteiger partial charge in [0.2, 0.25) is 0 Å². The van der Waals surface area contributed by atoms with Gasteiger partial charge in [-0.25, -0.2) is 4.39 Å². The Morgan fingerprint density at radius 2 is 1.61 bits per heavy atom. The van der Waals surface area contributed by atoms with Gasteiger partial charge in [0.05, 0.1) is 0 Å². The average Bonchev–Trinajstić information content (AvgIpc) is 2.53. The van der Waals surface area contributed by atoms with Crippen molar-refractivity contribution in [1.82, 2.24) is 4.90 Å². The summed E-state index contributed by atoms with van der Waals surface area (Å²) in [7, 11) is 4.11. The molecule has 0 saturated heterocycles. The number of hydrogen-bond acceptors (Lipinski definition) is 3. The van der Waals surface area contributed by atoms with Crippen molar-refractivity contribution in [2.45, 2.75) is 6.42 Å². The van der Waals surface area contributed by atoms with E-state index in [0.717, 1.165) is 25.2 Å². The molecule has 0 aromatic heterocycles. The van der Waals surface area contributed by atoms with E-state index in [9.17, 15) is 9.18 Å². The molecule has 0 aliphatic heterocycles. The summed E-state index contributed by atoms with van der Waals surface area (Å²) in [5.74, 6) is -0.608. The van der Waals surface area contributed by atoms with Crippen molar-refractivity contribution in [1.29, 1.82) is 0 Å². The predicted octanol–water partition coefficient (Wildman–Crippen LogP) is 3.44. The van der Waals surface area contributed by atoms with Crippen molar-refractivity contribution < 1.29 is 9.18 Å². The summed E-state index contributed by atoms with van der Waals surface area (Å²) in [6, 6.07) is 13.0. The third-order valence-electron chi connectivity index (χ3n) is 3.36. The second-order valence-electron chi connectivity index (χ2n) is 5.62. The standard InChI is InChI=1S/C18H22FN3O/c1-22(2)13-3-12-20-16-8-10-17(11-9-16)21-18(23)14-4-6-15(19)7-5-14/h4-11,20H,3,12-13H2,1-2H3,(H,21,23). The fourth-order valence-corrected chi connectivity index (χ4v) is 2.10. The molecule has 0 aliphatic carbocycles. The van der Waals surface area contributed by atoms with Crippen LogP contribution in [0.3, 0.4) is 0 Å². The lowest BCUT2D eigenvalue weighted by Gasteiger charge is -2.11. The van der Waals surface area contributed by atoms with E-state index in [1.807, 2.05) is 24.3 Å². The summed E-state index contributed by atoms with van der Waals surface area (Å²) in [5.41, 5.74) is 2.15. The van der Waals surface area contributed by atoms with Gasteiger partial charge in [0.15, 0.2) is 0 Å². The number of carbonyl (C=O) groups is 1. The van der Waals surface area contributed by atoms with Crippen LogP contribution >= 0.6 is 0 Å². The minimum absolute atomic E-state index is 0.253. The fourth-order valence-electron chi connectivity index (χ4n) is 2.10. The Morgan fingerprint density at radius 1 is 1.00 bits per heavy atom. The van der Waals surface area contributed by atoms with Crippen LogP contribution in [0.15, 0.2) is 48.5 Å². The van der Waals surface area contributed by atoms with Crippen molar-refractivity contribution >= 4 is 17.3 Å². The number of benzene rings is 2. The second kappa shape index (κ2) is 8.29. The van der Waals surface area contributed by atoms with E-state index >= 15 is 0 Å². The Balaban J connectivity index is 1.84. The molecule has 0 atom stereocenters. The van der Waals surface area contributed by atoms with E-state index in [1.165, 1.54) is 24.3 Å². The van der Waals surface area contributed by atoms with E-state index in [1.54, 1.807) is 0 Å². The van der Waals surface area contributed by atoms with Crippen LogP contribution in [0.1, 0.15) is 16.8 Å². The largest absolute Gasteiger partial charge is 0.385 e. The topological polar surface area (TPSA) is 44.4 Å². The van der Waals surface area contributed by atoms with Crippen LogP contribution in [0.5, 0.6) is 0 Å². The molecule has 2 aromatic rings. The van der Waals surface area contributed by atoms with Crippen molar-refractivity contribution in [3.8, 4) is 0 Å². The summed E-state index contributed by atoms with van der Waals surface area (Å²) in [4.78, 5) is 14.2. The highest BCUT2D eigenvalue weighted by atomic mass is 19.1. The molecule has 0 spiro atoms. The van der Waals surface area contributed by atoms with Gasteiger partial charge >= 0.3 is 0 Å². The third-order valence-corrected chi connectivity index (χ3v) is 3.36. The van der Waals surface area contributed by atoms with Gasteiger partial charge in [-0.15, -0.1) is 0 Å². The Kier molecular flexibility index (Phi) is 6.11. The number of rotatable bonds is 7. The maximum absolute atomic E-state index is 12.9. The molecular weight excluding hydrogens is 293 g/mol. The molecule has 0 saturated carbocycles. The first kappa shape index (κ1) is 17.0. The van der Waals surface area contributed by atoms with Crippen LogP contribution in [0.25, 0.3) is 0 Å². The molecule has 2 N–H and O–H groups in total. The van der Waals surface area contributed by atoms with E-state index in [2.05, 4.69) is 29.6 Å². The molecule has 4 nitrogen and oxygen atoms in total. The summed E-state index contributed by atoms with van der Waals surface area (Å²) >= 11 is 0. The third kappa shape index (κ3) is 5.71. The summed E-state index contributed by atoms with van der Waals surface area (Å²) in [6.07, 6.45) is 1.07. The first-order valence-corrected chi connectivity index (χ1v) is 7.60. The quantitative estimate of drug-likeness (QED) is 0.769. The highest BCUT2D eigenvalue weighted by molar-refractivity contribution is 6.04. The number of hydrogen-bond donors (Lipinski definition) is 2. The molecule has 0 aliphatic rings. The van der Waals surface area contributed by atoms with Gasteiger partial charge in [-0.3, -0.25) is 4.79 Å². The number of amides is 1. The molecule has 5 heteroatoms. The smallest absolute Gasteiger partial charge is 0.255 e. The van der Waals surface area contributed by atoms with Crippen molar-refractivity contribution in [2.75, 3.05) is 37.8 Å². The SMILES string of the molecule is CN(C)CCCNc1ccc(NC(=O)c2ccc(F)cc2)cc1. The lowest BCUT2D eigenvalue weighted by molar-refractivity contribution is 0.102. The normalized spacial score (nSPS) is 10.6. The summed E-state index contributed by atoms with van der Waals surface area (Å²) in [6.45, 7) is 1.94. The lowest BCUT2D eigenvalue weighted by atomic mass is 10.2. The number of halogens is 1.